The highest BCUT2D eigenvalue weighted by atomic mass is 32.1. The number of hydrogen-bond donors (Lipinski definition) is 3. The highest BCUT2D eigenvalue weighted by molar-refractivity contribution is 7.08. The molecule has 5 nitrogen and oxygen atoms in total. The Balaban J connectivity index is 2.00. The molecule has 23 heavy (non-hydrogen) atoms. The zero-order chi connectivity index (χ0) is 16.9. The number of thiophene rings is 1. The van der Waals surface area contributed by atoms with E-state index in [1.54, 1.807) is 18.3 Å². The van der Waals surface area contributed by atoms with Crippen LogP contribution in [-0.4, -0.2) is 24.2 Å². The summed E-state index contributed by atoms with van der Waals surface area (Å²) < 4.78 is 5.52. The van der Waals surface area contributed by atoms with E-state index >= 15 is 0 Å². The minimum atomic E-state index is -0.932. The molecule has 0 aromatic carbocycles. The van der Waals surface area contributed by atoms with Gasteiger partial charge < -0.3 is 20.2 Å². The lowest BCUT2D eigenvalue weighted by Crippen LogP contribution is -2.44. The van der Waals surface area contributed by atoms with Gasteiger partial charge in [0, 0.05) is 12.1 Å². The summed E-state index contributed by atoms with van der Waals surface area (Å²) >= 11 is 1.58. The summed E-state index contributed by atoms with van der Waals surface area (Å²) in [4.78, 5) is 4.57. The monoisotopic (exact) mass is 335 g/mol. The molecule has 6 heteroatoms. The topological polar surface area (TPSA) is 69.8 Å². The van der Waals surface area contributed by atoms with Gasteiger partial charge in [-0.25, -0.2) is 4.99 Å². The van der Waals surface area contributed by atoms with Gasteiger partial charge in [-0.15, -0.1) is 0 Å². The molecule has 1 atom stereocenters. The Kier molecular flexibility index (Phi) is 5.85. The van der Waals surface area contributed by atoms with E-state index < -0.39 is 5.60 Å². The predicted molar refractivity (Wildman–Crippen MR) is 94.9 cm³/mol. The van der Waals surface area contributed by atoms with Crippen molar-refractivity contribution in [2.75, 3.05) is 13.1 Å². The predicted octanol–water partition coefficient (Wildman–Crippen LogP) is 2.92. The molecule has 2 heterocycles. The lowest BCUT2D eigenvalue weighted by Gasteiger charge is -2.24. The molecule has 0 bridgehead atoms. The maximum atomic E-state index is 10.6. The Morgan fingerprint density at radius 3 is 2.74 bits per heavy atom. The zero-order valence-electron chi connectivity index (χ0n) is 14.1. The first-order valence-electron chi connectivity index (χ1n) is 7.75. The molecule has 0 spiro atoms. The van der Waals surface area contributed by atoms with Crippen molar-refractivity contribution in [2.45, 2.75) is 39.8 Å². The average molecular weight is 335 g/mol. The van der Waals surface area contributed by atoms with Gasteiger partial charge in [0.2, 0.25) is 0 Å². The minimum Gasteiger partial charge on any atom is -0.466 e. The number of nitrogens with zero attached hydrogens (tertiary/aromatic N) is 1. The van der Waals surface area contributed by atoms with Crippen LogP contribution in [0.15, 0.2) is 32.3 Å². The first-order chi connectivity index (χ1) is 10.9. The van der Waals surface area contributed by atoms with Crippen LogP contribution in [0.25, 0.3) is 0 Å². The van der Waals surface area contributed by atoms with Crippen molar-refractivity contribution in [1.29, 1.82) is 0 Å². The van der Waals surface area contributed by atoms with Crippen molar-refractivity contribution in [3.63, 3.8) is 0 Å². The van der Waals surface area contributed by atoms with E-state index in [0.717, 1.165) is 29.2 Å². The summed E-state index contributed by atoms with van der Waals surface area (Å²) in [5, 5.41) is 20.9. The number of hydrogen-bond acceptors (Lipinski definition) is 4. The van der Waals surface area contributed by atoms with Crippen LogP contribution in [-0.2, 0) is 12.1 Å². The van der Waals surface area contributed by atoms with E-state index in [1.165, 1.54) is 0 Å². The third-order valence-electron chi connectivity index (χ3n) is 3.64. The summed E-state index contributed by atoms with van der Waals surface area (Å²) in [5.41, 5.74) is 1.05. The molecule has 0 saturated carbocycles. The van der Waals surface area contributed by atoms with E-state index in [-0.39, 0.29) is 0 Å². The van der Waals surface area contributed by atoms with Crippen LogP contribution in [0.3, 0.4) is 0 Å². The van der Waals surface area contributed by atoms with Gasteiger partial charge in [0.25, 0.3) is 0 Å². The zero-order valence-corrected chi connectivity index (χ0v) is 15.0. The summed E-state index contributed by atoms with van der Waals surface area (Å²) in [6.07, 6.45) is 0. The first kappa shape index (κ1) is 17.6. The van der Waals surface area contributed by atoms with Crippen molar-refractivity contribution in [1.82, 2.24) is 10.6 Å². The fourth-order valence-corrected chi connectivity index (χ4v) is 3.06. The third kappa shape index (κ3) is 4.84. The van der Waals surface area contributed by atoms with Crippen LogP contribution in [0.4, 0.5) is 0 Å². The van der Waals surface area contributed by atoms with Gasteiger partial charge in [-0.3, -0.25) is 0 Å². The van der Waals surface area contributed by atoms with Crippen LogP contribution < -0.4 is 10.6 Å². The average Bonchev–Trinajstić information content (AvgIpc) is 3.12. The summed E-state index contributed by atoms with van der Waals surface area (Å²) in [5.74, 6) is 2.47. The molecule has 0 aliphatic rings. The summed E-state index contributed by atoms with van der Waals surface area (Å²) in [7, 11) is 0. The van der Waals surface area contributed by atoms with Gasteiger partial charge in [0.05, 0.1) is 13.1 Å². The number of rotatable bonds is 6. The van der Waals surface area contributed by atoms with Crippen molar-refractivity contribution in [3.05, 3.63) is 45.5 Å². The standard InChI is InChI=1S/C17H25N3O2S/c1-5-18-16(19-9-14-8-12(2)22-13(14)3)20-11-17(4,21)15-6-7-23-10-15/h6-8,10,21H,5,9,11H2,1-4H3,(H2,18,19,20). The molecule has 0 saturated heterocycles. The van der Waals surface area contributed by atoms with Crippen molar-refractivity contribution >= 4 is 17.3 Å². The molecule has 2 aromatic rings. The normalized spacial score (nSPS) is 14.6. The van der Waals surface area contributed by atoms with Gasteiger partial charge in [-0.1, -0.05) is 0 Å². The fourth-order valence-electron chi connectivity index (χ4n) is 2.28. The van der Waals surface area contributed by atoms with Crippen LogP contribution >= 0.6 is 11.3 Å². The minimum absolute atomic E-state index is 0.388. The maximum absolute atomic E-state index is 10.6. The van der Waals surface area contributed by atoms with Crippen molar-refractivity contribution in [2.24, 2.45) is 4.99 Å². The molecule has 0 aliphatic carbocycles. The highest BCUT2D eigenvalue weighted by Crippen LogP contribution is 2.22. The van der Waals surface area contributed by atoms with Gasteiger partial charge >= 0.3 is 0 Å². The number of aliphatic hydroxyl groups is 1. The molecule has 1 unspecified atom stereocenters. The van der Waals surface area contributed by atoms with Crippen LogP contribution in [0.5, 0.6) is 0 Å². The van der Waals surface area contributed by atoms with Gasteiger partial charge in [0.1, 0.15) is 17.1 Å². The Labute approximate surface area is 141 Å². The highest BCUT2D eigenvalue weighted by Gasteiger charge is 2.23. The molecule has 0 amide bonds. The third-order valence-corrected chi connectivity index (χ3v) is 4.32. The van der Waals surface area contributed by atoms with E-state index in [9.17, 15) is 5.11 Å². The number of aliphatic imine (C=N–C) groups is 1. The van der Waals surface area contributed by atoms with Crippen LogP contribution in [0.1, 0.15) is 36.5 Å². The Morgan fingerprint density at radius 2 is 2.17 bits per heavy atom. The Hall–Kier alpha value is -1.79. The van der Waals surface area contributed by atoms with E-state index in [1.807, 2.05) is 43.7 Å². The number of furan rings is 1. The van der Waals surface area contributed by atoms with Crippen LogP contribution in [0, 0.1) is 13.8 Å². The molecule has 126 valence electrons. The molecular formula is C17H25N3O2S. The van der Waals surface area contributed by atoms with E-state index in [0.29, 0.717) is 19.0 Å². The fraction of sp³-hybridized carbons (Fsp3) is 0.471. The largest absolute Gasteiger partial charge is 0.466 e. The maximum Gasteiger partial charge on any atom is 0.191 e. The SMILES string of the molecule is CCNC(=NCc1cc(C)oc1C)NCC(C)(O)c1ccsc1. The molecule has 2 aromatic heterocycles. The first-order valence-corrected chi connectivity index (χ1v) is 8.70. The molecule has 0 aliphatic heterocycles. The number of guanidine groups is 1. The number of nitrogens with one attached hydrogen (secondary N) is 2. The lowest BCUT2D eigenvalue weighted by atomic mass is 9.99. The summed E-state index contributed by atoms with van der Waals surface area (Å²) in [6, 6.07) is 3.94. The quantitative estimate of drug-likeness (QED) is 0.561. The second kappa shape index (κ2) is 7.66. The van der Waals surface area contributed by atoms with Crippen molar-refractivity contribution in [3.8, 4) is 0 Å². The van der Waals surface area contributed by atoms with Crippen LogP contribution in [0.2, 0.25) is 0 Å². The lowest BCUT2D eigenvalue weighted by molar-refractivity contribution is 0.0621. The molecule has 2 rings (SSSR count). The molecule has 3 N–H and O–H groups in total. The molecule has 0 fully saturated rings. The molecule has 0 radical (unpaired) electrons. The van der Waals surface area contributed by atoms with E-state index in [2.05, 4.69) is 15.6 Å². The second-order valence-corrected chi connectivity index (χ2v) is 6.55. The van der Waals surface area contributed by atoms with Gasteiger partial charge in [0.15, 0.2) is 5.96 Å². The van der Waals surface area contributed by atoms with Gasteiger partial charge in [-0.05, 0) is 56.2 Å². The Morgan fingerprint density at radius 1 is 1.39 bits per heavy atom. The second-order valence-electron chi connectivity index (χ2n) is 5.77. The Bertz CT molecular complexity index is 645. The number of aryl methyl sites for hydroxylation is 2. The summed E-state index contributed by atoms with van der Waals surface area (Å²) in [6.45, 7) is 9.38. The smallest absolute Gasteiger partial charge is 0.191 e. The van der Waals surface area contributed by atoms with Crippen molar-refractivity contribution < 1.29 is 9.52 Å². The molecular weight excluding hydrogens is 310 g/mol. The van der Waals surface area contributed by atoms with E-state index in [4.69, 9.17) is 4.42 Å². The van der Waals surface area contributed by atoms with Gasteiger partial charge in [-0.2, -0.15) is 11.3 Å².